The predicted molar refractivity (Wildman–Crippen MR) is 184 cm³/mol. The first-order valence-corrected chi connectivity index (χ1v) is 16.9. The van der Waals surface area contributed by atoms with Crippen LogP contribution in [0.25, 0.3) is 0 Å². The monoisotopic (exact) mass is 692 g/mol. The maximum absolute atomic E-state index is 14.3. The lowest BCUT2D eigenvalue weighted by Gasteiger charge is -2.44. The number of carbonyl (C=O) groups is 4. The van der Waals surface area contributed by atoms with E-state index < -0.39 is 35.5 Å². The number of halogens is 2. The highest BCUT2D eigenvalue weighted by molar-refractivity contribution is 6.31. The lowest BCUT2D eigenvalue weighted by Crippen LogP contribution is -2.43. The summed E-state index contributed by atoms with van der Waals surface area (Å²) < 4.78 is 5.96. The van der Waals surface area contributed by atoms with E-state index in [0.717, 1.165) is 11.1 Å². The number of hydrogen-bond donors (Lipinski definition) is 1. The quantitative estimate of drug-likeness (QED) is 0.168. The molecule has 0 aromatic heterocycles. The molecule has 49 heavy (non-hydrogen) atoms. The fourth-order valence-corrected chi connectivity index (χ4v) is 8.50. The minimum Gasteiger partial charge on any atom is -0.508 e. The number of carbonyl (C=O) groups excluding carboxylic acids is 4. The van der Waals surface area contributed by atoms with Crippen LogP contribution in [0.4, 0.5) is 11.4 Å². The highest BCUT2D eigenvalue weighted by atomic mass is 35.5. The van der Waals surface area contributed by atoms with Gasteiger partial charge in [0.2, 0.25) is 23.6 Å². The van der Waals surface area contributed by atoms with Crippen molar-refractivity contribution in [1.82, 2.24) is 0 Å². The van der Waals surface area contributed by atoms with Gasteiger partial charge in [-0.15, -0.1) is 0 Å². The minimum atomic E-state index is -0.830. The number of imide groups is 2. The largest absolute Gasteiger partial charge is 0.508 e. The standard InChI is InChI=1S/C39H30Cl2N2O6/c40-22-6-10-24(11-7-22)42-36(45)29-17-16-27-30(34(29)38(42)47)19-31-35(39(48)43(37(31)46)25-12-8-23(41)9-13-25)33(27)28-15-14-26(18-32(28)44)49-20-21-4-2-1-3-5-21/h1-16,18,29-31,33-35,44H,17,19-20H2. The normalized spacial score (nSPS) is 26.0. The molecule has 4 aromatic carbocycles. The van der Waals surface area contributed by atoms with Gasteiger partial charge in [0.1, 0.15) is 18.1 Å². The maximum Gasteiger partial charge on any atom is 0.238 e. The number of benzene rings is 4. The Kier molecular flexibility index (Phi) is 7.81. The summed E-state index contributed by atoms with van der Waals surface area (Å²) in [7, 11) is 0. The summed E-state index contributed by atoms with van der Waals surface area (Å²) in [5.74, 6) is -5.22. The molecule has 246 valence electrons. The first kappa shape index (κ1) is 31.4. The van der Waals surface area contributed by atoms with Gasteiger partial charge >= 0.3 is 0 Å². The second kappa shape index (κ2) is 12.2. The number of amides is 4. The van der Waals surface area contributed by atoms with Gasteiger partial charge in [-0.25, -0.2) is 0 Å². The molecule has 2 heterocycles. The van der Waals surface area contributed by atoms with E-state index >= 15 is 0 Å². The first-order valence-electron chi connectivity index (χ1n) is 16.2. The highest BCUT2D eigenvalue weighted by Crippen LogP contribution is 2.59. The van der Waals surface area contributed by atoms with E-state index in [1.54, 1.807) is 60.7 Å². The van der Waals surface area contributed by atoms with Crippen LogP contribution in [0.2, 0.25) is 10.0 Å². The van der Waals surface area contributed by atoms with Crippen molar-refractivity contribution in [2.24, 2.45) is 29.6 Å². The average molecular weight is 694 g/mol. The van der Waals surface area contributed by atoms with Crippen LogP contribution in [0.5, 0.6) is 11.5 Å². The Morgan fingerprint density at radius 2 is 1.27 bits per heavy atom. The van der Waals surface area contributed by atoms with Crippen molar-refractivity contribution in [3.8, 4) is 11.5 Å². The van der Waals surface area contributed by atoms with E-state index in [2.05, 4.69) is 0 Å². The molecule has 0 radical (unpaired) electrons. The number of ether oxygens (including phenoxy) is 1. The van der Waals surface area contributed by atoms with Gasteiger partial charge in [0.05, 0.1) is 35.0 Å². The zero-order chi connectivity index (χ0) is 34.0. The molecule has 2 aliphatic heterocycles. The second-order valence-corrected chi connectivity index (χ2v) is 13.9. The summed E-state index contributed by atoms with van der Waals surface area (Å²) in [4.78, 5) is 58.9. The second-order valence-electron chi connectivity index (χ2n) is 13.0. The molecule has 0 bridgehead atoms. The van der Waals surface area contributed by atoms with Crippen LogP contribution in [0.3, 0.4) is 0 Å². The third kappa shape index (κ3) is 5.21. The van der Waals surface area contributed by atoms with Gasteiger partial charge in [-0.2, -0.15) is 0 Å². The highest BCUT2D eigenvalue weighted by Gasteiger charge is 2.62. The van der Waals surface area contributed by atoms with E-state index in [4.69, 9.17) is 27.9 Å². The molecule has 0 spiro atoms. The molecule has 4 aromatic rings. The van der Waals surface area contributed by atoms with Gasteiger partial charge in [0.25, 0.3) is 0 Å². The molecule has 2 saturated heterocycles. The van der Waals surface area contributed by atoms with E-state index in [1.165, 1.54) is 15.9 Å². The summed E-state index contributed by atoms with van der Waals surface area (Å²) >= 11 is 12.2. The van der Waals surface area contributed by atoms with Crippen molar-refractivity contribution in [1.29, 1.82) is 0 Å². The summed E-state index contributed by atoms with van der Waals surface area (Å²) in [6, 6.07) is 27.7. The summed E-state index contributed by atoms with van der Waals surface area (Å²) in [6.07, 6.45) is 2.46. The maximum atomic E-state index is 14.3. The van der Waals surface area contributed by atoms with Crippen LogP contribution < -0.4 is 14.5 Å². The number of phenols is 1. The number of aromatic hydroxyl groups is 1. The van der Waals surface area contributed by atoms with Gasteiger partial charge < -0.3 is 9.84 Å². The van der Waals surface area contributed by atoms with Crippen molar-refractivity contribution in [2.75, 3.05) is 9.80 Å². The van der Waals surface area contributed by atoms with Crippen molar-refractivity contribution < 1.29 is 29.0 Å². The molecule has 8 nitrogen and oxygen atoms in total. The Labute approximate surface area is 292 Å². The molecule has 6 unspecified atom stereocenters. The van der Waals surface area contributed by atoms with Crippen LogP contribution >= 0.6 is 23.2 Å². The zero-order valence-corrected chi connectivity index (χ0v) is 27.6. The fraction of sp³-hybridized carbons (Fsp3) is 0.231. The van der Waals surface area contributed by atoms with Crippen LogP contribution in [0.1, 0.15) is 29.9 Å². The van der Waals surface area contributed by atoms with Gasteiger partial charge in [-0.05, 0) is 78.9 Å². The number of hydrogen-bond acceptors (Lipinski definition) is 6. The lowest BCUT2D eigenvalue weighted by atomic mass is 9.57. The molecule has 4 amide bonds. The van der Waals surface area contributed by atoms with Gasteiger partial charge in [-0.3, -0.25) is 29.0 Å². The number of anilines is 2. The van der Waals surface area contributed by atoms with Crippen molar-refractivity contribution in [3.63, 3.8) is 0 Å². The summed E-state index contributed by atoms with van der Waals surface area (Å²) in [5.41, 5.74) is 3.05. The van der Waals surface area contributed by atoms with Gasteiger partial charge in [-0.1, -0.05) is 71.2 Å². The number of rotatable bonds is 6. The Bertz CT molecular complexity index is 2030. The van der Waals surface area contributed by atoms with Crippen LogP contribution in [0, 0.1) is 29.6 Å². The Morgan fingerprint density at radius 3 is 1.88 bits per heavy atom. The van der Waals surface area contributed by atoms with Crippen LogP contribution in [-0.2, 0) is 25.8 Å². The molecule has 4 aliphatic rings. The van der Waals surface area contributed by atoms with Crippen molar-refractivity contribution >= 4 is 58.2 Å². The lowest BCUT2D eigenvalue weighted by molar-refractivity contribution is -0.126. The molecule has 1 saturated carbocycles. The van der Waals surface area contributed by atoms with Gasteiger partial charge in [0.15, 0.2) is 0 Å². The van der Waals surface area contributed by atoms with Crippen molar-refractivity contribution in [3.05, 3.63) is 130 Å². The van der Waals surface area contributed by atoms with Crippen LogP contribution in [0.15, 0.2) is 109 Å². The molecule has 6 atom stereocenters. The molecule has 3 fully saturated rings. The van der Waals surface area contributed by atoms with E-state index in [-0.39, 0.29) is 35.8 Å². The van der Waals surface area contributed by atoms with Crippen molar-refractivity contribution in [2.45, 2.75) is 25.4 Å². The summed E-state index contributed by atoms with van der Waals surface area (Å²) in [5, 5.41) is 12.5. The molecule has 8 rings (SSSR count). The molecule has 2 aliphatic carbocycles. The number of nitrogens with zero attached hydrogens (tertiary/aromatic N) is 2. The topological polar surface area (TPSA) is 104 Å². The first-order chi connectivity index (χ1) is 23.7. The smallest absolute Gasteiger partial charge is 0.238 e. The van der Waals surface area contributed by atoms with Crippen LogP contribution in [-0.4, -0.2) is 28.7 Å². The molecule has 1 N–H and O–H groups in total. The molecule has 10 heteroatoms. The molecular weight excluding hydrogens is 663 g/mol. The Balaban J connectivity index is 1.19. The Hall–Kier alpha value is -4.92. The average Bonchev–Trinajstić information content (AvgIpc) is 3.51. The third-order valence-corrected chi connectivity index (χ3v) is 10.9. The number of allylic oxidation sites excluding steroid dienone is 2. The number of phenolic OH excluding ortho intramolecular Hbond substituents is 1. The van der Waals surface area contributed by atoms with Gasteiger partial charge in [0, 0.05) is 27.6 Å². The summed E-state index contributed by atoms with van der Waals surface area (Å²) in [6.45, 7) is 0.299. The Morgan fingerprint density at radius 1 is 0.673 bits per heavy atom. The molecular formula is C39H30Cl2N2O6. The number of fused-ring (bicyclic) bond motifs is 4. The minimum absolute atomic E-state index is 0.0835. The fourth-order valence-electron chi connectivity index (χ4n) is 8.24. The van der Waals surface area contributed by atoms with E-state index in [0.29, 0.717) is 45.8 Å². The zero-order valence-electron chi connectivity index (χ0n) is 26.0. The van der Waals surface area contributed by atoms with E-state index in [1.807, 2.05) is 36.4 Å². The SMILES string of the molecule is O=C1C2CC=C3C(CC4C(=O)N(c5ccc(Cl)cc5)C(=O)C4C3c3ccc(OCc4ccccc4)cc3O)C2C(=O)N1c1ccc(Cl)cc1. The third-order valence-electron chi connectivity index (χ3n) is 10.4. The predicted octanol–water partition coefficient (Wildman–Crippen LogP) is 7.32. The van der Waals surface area contributed by atoms with E-state index in [9.17, 15) is 24.3 Å².